The summed E-state index contributed by atoms with van der Waals surface area (Å²) in [6.45, 7) is 19.8. The molecular weight excluding hydrogens is 304 g/mol. The Hall–Kier alpha value is -1.76. The van der Waals surface area contributed by atoms with Gasteiger partial charge >= 0.3 is 0 Å². The van der Waals surface area contributed by atoms with Gasteiger partial charge in [-0.1, -0.05) is 92.6 Å². The van der Waals surface area contributed by atoms with Gasteiger partial charge in [-0.3, -0.25) is 0 Å². The first-order valence-corrected chi connectivity index (χ1v) is 9.21. The van der Waals surface area contributed by atoms with Crippen LogP contribution in [0.2, 0.25) is 0 Å². The fourth-order valence-corrected chi connectivity index (χ4v) is 3.60. The van der Waals surface area contributed by atoms with E-state index in [1.807, 2.05) is 0 Å². The Morgan fingerprint density at radius 2 is 1.12 bits per heavy atom. The van der Waals surface area contributed by atoms with Crippen molar-refractivity contribution in [1.29, 1.82) is 0 Å². The quantitative estimate of drug-likeness (QED) is 0.596. The summed E-state index contributed by atoms with van der Waals surface area (Å²) in [4.78, 5) is 0. The van der Waals surface area contributed by atoms with Crippen molar-refractivity contribution in [3.8, 4) is 16.9 Å². The van der Waals surface area contributed by atoms with Crippen LogP contribution >= 0.6 is 0 Å². The highest BCUT2D eigenvalue weighted by Gasteiger charge is 2.34. The fourth-order valence-electron chi connectivity index (χ4n) is 3.60. The van der Waals surface area contributed by atoms with Crippen molar-refractivity contribution in [3.05, 3.63) is 53.1 Å². The molecule has 0 fully saturated rings. The second-order valence-electron chi connectivity index (χ2n) is 10.2. The average molecular weight is 339 g/mol. The van der Waals surface area contributed by atoms with Gasteiger partial charge in [0.1, 0.15) is 5.75 Å². The molecule has 0 aromatic heterocycles. The third-order valence-electron chi connectivity index (χ3n) is 4.69. The molecule has 2 aromatic carbocycles. The lowest BCUT2D eigenvalue weighted by molar-refractivity contribution is 0.415. The van der Waals surface area contributed by atoms with Crippen LogP contribution in [0.15, 0.2) is 36.4 Å². The minimum absolute atomic E-state index is 0.0678. The first-order valence-electron chi connectivity index (χ1n) is 9.21. The normalized spacial score (nSPS) is 13.2. The molecule has 0 saturated carbocycles. The Balaban J connectivity index is 3.05. The summed E-state index contributed by atoms with van der Waals surface area (Å²) < 4.78 is 0. The summed E-state index contributed by atoms with van der Waals surface area (Å²) in [6.07, 6.45) is 0. The number of phenols is 1. The van der Waals surface area contributed by atoms with Gasteiger partial charge in [0, 0.05) is 11.1 Å². The van der Waals surface area contributed by atoms with E-state index in [-0.39, 0.29) is 16.2 Å². The molecule has 1 heteroatoms. The van der Waals surface area contributed by atoms with Crippen molar-refractivity contribution >= 4 is 0 Å². The molecule has 0 aliphatic carbocycles. The van der Waals surface area contributed by atoms with Crippen LogP contribution in [0.25, 0.3) is 11.1 Å². The minimum atomic E-state index is -0.141. The second kappa shape index (κ2) is 6.20. The van der Waals surface area contributed by atoms with Crippen LogP contribution in [0.5, 0.6) is 5.75 Å². The van der Waals surface area contributed by atoms with Crippen molar-refractivity contribution in [2.45, 2.75) is 78.6 Å². The average Bonchev–Trinajstić information content (AvgIpc) is 2.44. The summed E-state index contributed by atoms with van der Waals surface area (Å²) >= 11 is 0. The van der Waals surface area contributed by atoms with E-state index >= 15 is 0 Å². The van der Waals surface area contributed by atoms with Gasteiger partial charge in [-0.2, -0.15) is 0 Å². The highest BCUT2D eigenvalue weighted by atomic mass is 16.3. The number of benzene rings is 2. The summed E-state index contributed by atoms with van der Waals surface area (Å²) in [6, 6.07) is 12.8. The highest BCUT2D eigenvalue weighted by molar-refractivity contribution is 5.75. The molecule has 0 radical (unpaired) electrons. The monoisotopic (exact) mass is 338 g/mol. The van der Waals surface area contributed by atoms with E-state index in [4.69, 9.17) is 0 Å². The van der Waals surface area contributed by atoms with E-state index in [0.29, 0.717) is 5.75 Å². The van der Waals surface area contributed by atoms with E-state index in [1.165, 1.54) is 16.7 Å². The molecule has 1 N–H and O–H groups in total. The molecule has 0 saturated heterocycles. The van der Waals surface area contributed by atoms with E-state index in [1.54, 1.807) is 0 Å². The molecule has 2 aromatic rings. The van der Waals surface area contributed by atoms with Crippen molar-refractivity contribution in [1.82, 2.24) is 0 Å². The maximum atomic E-state index is 11.3. The largest absolute Gasteiger partial charge is 0.507 e. The predicted molar refractivity (Wildman–Crippen MR) is 110 cm³/mol. The summed E-state index contributed by atoms with van der Waals surface area (Å²) in [5.74, 6) is 0.463. The van der Waals surface area contributed by atoms with E-state index in [0.717, 1.165) is 11.1 Å². The van der Waals surface area contributed by atoms with Crippen LogP contribution < -0.4 is 0 Å². The third kappa shape index (κ3) is 3.92. The van der Waals surface area contributed by atoms with E-state index < -0.39 is 0 Å². The molecule has 0 amide bonds. The van der Waals surface area contributed by atoms with Gasteiger partial charge in [0.2, 0.25) is 0 Å². The van der Waals surface area contributed by atoms with E-state index in [2.05, 4.69) is 98.7 Å². The zero-order chi connectivity index (χ0) is 19.2. The van der Waals surface area contributed by atoms with Crippen LogP contribution in [-0.2, 0) is 16.2 Å². The Kier molecular flexibility index (Phi) is 4.85. The molecule has 0 unspecified atom stereocenters. The molecular formula is C24H34O. The first-order chi connectivity index (χ1) is 11.2. The van der Waals surface area contributed by atoms with Crippen molar-refractivity contribution < 1.29 is 5.11 Å². The number of hydrogen-bond acceptors (Lipinski definition) is 1. The first kappa shape index (κ1) is 19.6. The standard InChI is InChI=1S/C24H34O/c1-22(2,3)18-15-17(16-13-11-10-12-14-16)19(23(4,5)6)20(21(18)25)24(7,8)9/h10-15,25H,1-9H3. The van der Waals surface area contributed by atoms with Gasteiger partial charge in [-0.15, -0.1) is 0 Å². The minimum Gasteiger partial charge on any atom is -0.507 e. The third-order valence-corrected chi connectivity index (χ3v) is 4.69. The Morgan fingerprint density at radius 3 is 1.52 bits per heavy atom. The molecule has 136 valence electrons. The van der Waals surface area contributed by atoms with Crippen LogP contribution in [0.3, 0.4) is 0 Å². The number of hydrogen-bond donors (Lipinski definition) is 1. The van der Waals surface area contributed by atoms with Crippen LogP contribution in [0.4, 0.5) is 0 Å². The Morgan fingerprint density at radius 1 is 0.640 bits per heavy atom. The molecule has 0 heterocycles. The number of aromatic hydroxyl groups is 1. The van der Waals surface area contributed by atoms with Gasteiger partial charge in [0.05, 0.1) is 0 Å². The molecule has 0 spiro atoms. The van der Waals surface area contributed by atoms with E-state index in [9.17, 15) is 5.11 Å². The Labute approximate surface area is 154 Å². The van der Waals surface area contributed by atoms with Gasteiger partial charge < -0.3 is 5.11 Å². The second-order valence-corrected chi connectivity index (χ2v) is 10.2. The highest BCUT2D eigenvalue weighted by Crippen LogP contribution is 2.48. The molecule has 0 aliphatic rings. The topological polar surface area (TPSA) is 20.2 Å². The van der Waals surface area contributed by atoms with Crippen molar-refractivity contribution in [2.24, 2.45) is 0 Å². The van der Waals surface area contributed by atoms with Crippen LogP contribution in [-0.4, -0.2) is 5.11 Å². The smallest absolute Gasteiger partial charge is 0.123 e. The number of rotatable bonds is 1. The maximum Gasteiger partial charge on any atom is 0.123 e. The van der Waals surface area contributed by atoms with Crippen molar-refractivity contribution in [2.75, 3.05) is 0 Å². The van der Waals surface area contributed by atoms with Crippen LogP contribution in [0.1, 0.15) is 79.0 Å². The summed E-state index contributed by atoms with van der Waals surface area (Å²) in [5, 5.41) is 11.3. The van der Waals surface area contributed by atoms with Gasteiger partial charge in [-0.25, -0.2) is 0 Å². The van der Waals surface area contributed by atoms with Crippen LogP contribution in [0, 0.1) is 0 Å². The van der Waals surface area contributed by atoms with Crippen molar-refractivity contribution in [3.63, 3.8) is 0 Å². The summed E-state index contributed by atoms with van der Waals surface area (Å²) in [7, 11) is 0. The molecule has 0 bridgehead atoms. The molecule has 2 rings (SSSR count). The maximum absolute atomic E-state index is 11.3. The molecule has 1 nitrogen and oxygen atoms in total. The summed E-state index contributed by atoms with van der Waals surface area (Å²) in [5.41, 5.74) is 5.46. The molecule has 0 aliphatic heterocycles. The Bertz CT molecular complexity index is 748. The lowest BCUT2D eigenvalue weighted by atomic mass is 9.69. The lowest BCUT2D eigenvalue weighted by Crippen LogP contribution is -2.25. The van der Waals surface area contributed by atoms with Gasteiger partial charge in [0.25, 0.3) is 0 Å². The molecule has 25 heavy (non-hydrogen) atoms. The van der Waals surface area contributed by atoms with Gasteiger partial charge in [-0.05, 0) is 39.0 Å². The zero-order valence-electron chi connectivity index (χ0n) is 17.4. The SMILES string of the molecule is CC(C)(C)c1cc(-c2ccccc2)c(C(C)(C)C)c(C(C)(C)C)c1O. The lowest BCUT2D eigenvalue weighted by Gasteiger charge is -2.36. The predicted octanol–water partition coefficient (Wildman–Crippen LogP) is 6.95. The number of phenolic OH excluding ortho intramolecular Hbond substituents is 1. The zero-order valence-corrected chi connectivity index (χ0v) is 17.4. The fraction of sp³-hybridized carbons (Fsp3) is 0.500. The molecule has 0 atom stereocenters. The van der Waals surface area contributed by atoms with Gasteiger partial charge in [0.15, 0.2) is 0 Å².